The fourth-order valence-corrected chi connectivity index (χ4v) is 2.58. The zero-order valence-electron chi connectivity index (χ0n) is 9.75. The zero-order chi connectivity index (χ0) is 14.2. The number of thiol groups is 1. The van der Waals surface area contributed by atoms with Gasteiger partial charge in [-0.25, -0.2) is 0 Å². The van der Waals surface area contributed by atoms with E-state index in [0.717, 1.165) is 6.07 Å². The molecule has 0 bridgehead atoms. The number of carbonyl (C=O) groups is 1. The molecule has 104 valence electrons. The number of alkyl halides is 3. The van der Waals surface area contributed by atoms with E-state index in [2.05, 4.69) is 12.6 Å². The van der Waals surface area contributed by atoms with Crippen molar-refractivity contribution in [3.8, 4) is 0 Å². The van der Waals surface area contributed by atoms with E-state index in [0.29, 0.717) is 24.4 Å². The summed E-state index contributed by atoms with van der Waals surface area (Å²) in [5, 5.41) is -0.396. The molecule has 1 atom stereocenters. The molecule has 1 aromatic rings. The summed E-state index contributed by atoms with van der Waals surface area (Å²) in [6.07, 6.45) is -4.12. The van der Waals surface area contributed by atoms with Crippen molar-refractivity contribution < 1.29 is 18.0 Å². The van der Waals surface area contributed by atoms with Crippen LogP contribution in [0.5, 0.6) is 0 Å². The van der Waals surface area contributed by atoms with Gasteiger partial charge in [0.05, 0.1) is 10.6 Å². The highest BCUT2D eigenvalue weighted by molar-refractivity contribution is 7.80. The van der Waals surface area contributed by atoms with Gasteiger partial charge < -0.3 is 4.90 Å². The Morgan fingerprint density at radius 2 is 2.11 bits per heavy atom. The lowest BCUT2D eigenvalue weighted by atomic mass is 10.1. The molecule has 1 aliphatic heterocycles. The maximum Gasteiger partial charge on any atom is 0.417 e. The van der Waals surface area contributed by atoms with Crippen LogP contribution in [0.4, 0.5) is 18.9 Å². The van der Waals surface area contributed by atoms with Crippen LogP contribution in [0.3, 0.4) is 0 Å². The van der Waals surface area contributed by atoms with Crippen LogP contribution < -0.4 is 4.90 Å². The number of nitrogens with zero attached hydrogens (tertiary/aromatic N) is 1. The number of anilines is 1. The summed E-state index contributed by atoms with van der Waals surface area (Å²) in [4.78, 5) is 13.2. The summed E-state index contributed by atoms with van der Waals surface area (Å²) in [5.41, 5.74) is -0.498. The SMILES string of the molecule is O=C1CC(CS)CN1c1ccc(C(F)(F)F)c(Cl)c1. The van der Waals surface area contributed by atoms with E-state index in [1.807, 2.05) is 0 Å². The Balaban J connectivity index is 2.28. The second kappa shape index (κ2) is 5.25. The molecule has 0 spiro atoms. The maximum atomic E-state index is 12.6. The number of carbonyl (C=O) groups excluding carboxylic acids is 1. The molecule has 1 aliphatic rings. The molecule has 2 nitrogen and oxygen atoms in total. The van der Waals surface area contributed by atoms with E-state index in [-0.39, 0.29) is 11.8 Å². The van der Waals surface area contributed by atoms with Crippen LogP contribution in [0.1, 0.15) is 12.0 Å². The molecule has 0 saturated carbocycles. The lowest BCUT2D eigenvalue weighted by molar-refractivity contribution is -0.137. The Morgan fingerprint density at radius 1 is 1.42 bits per heavy atom. The third-order valence-corrected chi connectivity index (χ3v) is 3.86. The smallest absolute Gasteiger partial charge is 0.312 e. The fraction of sp³-hybridized carbons (Fsp3) is 0.417. The molecule has 1 amide bonds. The fourth-order valence-electron chi connectivity index (χ4n) is 2.06. The second-order valence-corrected chi connectivity index (χ2v) is 5.19. The van der Waals surface area contributed by atoms with Gasteiger partial charge >= 0.3 is 6.18 Å². The lowest BCUT2D eigenvalue weighted by Gasteiger charge is -2.18. The predicted octanol–water partition coefficient (Wildman–Crippen LogP) is 3.64. The van der Waals surface area contributed by atoms with Crippen LogP contribution in [-0.4, -0.2) is 18.2 Å². The number of amides is 1. The maximum absolute atomic E-state index is 12.6. The van der Waals surface area contributed by atoms with E-state index < -0.39 is 16.8 Å². The molecule has 1 fully saturated rings. The Kier molecular flexibility index (Phi) is 4.01. The minimum Gasteiger partial charge on any atom is -0.312 e. The van der Waals surface area contributed by atoms with E-state index in [9.17, 15) is 18.0 Å². The van der Waals surface area contributed by atoms with Crippen LogP contribution in [-0.2, 0) is 11.0 Å². The third kappa shape index (κ3) is 3.00. The van der Waals surface area contributed by atoms with Crippen molar-refractivity contribution in [3.63, 3.8) is 0 Å². The average molecular weight is 310 g/mol. The van der Waals surface area contributed by atoms with Gasteiger partial charge in [0.25, 0.3) is 0 Å². The Hall–Kier alpha value is -0.880. The van der Waals surface area contributed by atoms with Crippen LogP contribution in [0.25, 0.3) is 0 Å². The minimum atomic E-state index is -4.49. The second-order valence-electron chi connectivity index (χ2n) is 4.42. The zero-order valence-corrected chi connectivity index (χ0v) is 11.4. The van der Waals surface area contributed by atoms with Crippen molar-refractivity contribution in [2.24, 2.45) is 5.92 Å². The highest BCUT2D eigenvalue weighted by Gasteiger charge is 2.35. The monoisotopic (exact) mass is 309 g/mol. The first-order valence-corrected chi connectivity index (χ1v) is 6.62. The quantitative estimate of drug-likeness (QED) is 0.827. The molecule has 2 rings (SSSR count). The van der Waals surface area contributed by atoms with Crippen LogP contribution in [0.15, 0.2) is 18.2 Å². The normalized spacial score (nSPS) is 20.2. The molecule has 1 unspecified atom stereocenters. The number of benzene rings is 1. The Labute approximate surface area is 118 Å². The average Bonchev–Trinajstić information content (AvgIpc) is 2.68. The Bertz CT molecular complexity index is 506. The van der Waals surface area contributed by atoms with Gasteiger partial charge in [-0.2, -0.15) is 25.8 Å². The standard InChI is InChI=1S/C12H11ClF3NOS/c13-10-4-8(1-2-9(10)12(14,15)16)17-5-7(6-19)3-11(17)18/h1-2,4,7,19H,3,5-6H2. The van der Waals surface area contributed by atoms with E-state index in [1.54, 1.807) is 0 Å². The summed E-state index contributed by atoms with van der Waals surface area (Å²) in [7, 11) is 0. The van der Waals surface area contributed by atoms with Crippen molar-refractivity contribution in [1.82, 2.24) is 0 Å². The van der Waals surface area contributed by atoms with Gasteiger partial charge in [-0.15, -0.1) is 0 Å². The van der Waals surface area contributed by atoms with E-state index in [1.165, 1.54) is 17.0 Å². The van der Waals surface area contributed by atoms with Crippen molar-refractivity contribution in [1.29, 1.82) is 0 Å². The van der Waals surface area contributed by atoms with Crippen LogP contribution >= 0.6 is 24.2 Å². The summed E-state index contributed by atoms with van der Waals surface area (Å²) in [6, 6.07) is 3.36. The highest BCUT2D eigenvalue weighted by Crippen LogP contribution is 2.37. The van der Waals surface area contributed by atoms with Gasteiger partial charge in [0.15, 0.2) is 0 Å². The molecular weight excluding hydrogens is 299 g/mol. The summed E-state index contributed by atoms with van der Waals surface area (Å²) >= 11 is 9.77. The summed E-state index contributed by atoms with van der Waals surface area (Å²) in [6.45, 7) is 0.462. The van der Waals surface area contributed by atoms with Gasteiger partial charge in [0, 0.05) is 18.7 Å². The van der Waals surface area contributed by atoms with Crippen molar-refractivity contribution >= 4 is 35.8 Å². The van der Waals surface area contributed by atoms with Gasteiger partial charge in [-0.1, -0.05) is 11.6 Å². The number of halogens is 4. The van der Waals surface area contributed by atoms with Crippen molar-refractivity contribution in [3.05, 3.63) is 28.8 Å². The lowest BCUT2D eigenvalue weighted by Crippen LogP contribution is -2.24. The largest absolute Gasteiger partial charge is 0.417 e. The van der Waals surface area contributed by atoms with Gasteiger partial charge in [-0.3, -0.25) is 4.79 Å². The highest BCUT2D eigenvalue weighted by atomic mass is 35.5. The summed E-state index contributed by atoms with van der Waals surface area (Å²) < 4.78 is 37.7. The number of rotatable bonds is 2. The van der Waals surface area contributed by atoms with Gasteiger partial charge in [0.1, 0.15) is 0 Å². The Morgan fingerprint density at radius 3 is 2.58 bits per heavy atom. The first-order valence-electron chi connectivity index (χ1n) is 5.61. The van der Waals surface area contributed by atoms with Crippen molar-refractivity contribution in [2.45, 2.75) is 12.6 Å². The molecule has 0 aromatic heterocycles. The molecule has 0 radical (unpaired) electrons. The third-order valence-electron chi connectivity index (χ3n) is 3.03. The number of hydrogen-bond acceptors (Lipinski definition) is 2. The molecule has 1 heterocycles. The molecule has 1 saturated heterocycles. The molecule has 7 heteroatoms. The molecule has 0 aliphatic carbocycles. The first kappa shape index (κ1) is 14.5. The van der Waals surface area contributed by atoms with Gasteiger partial charge in [-0.05, 0) is 29.9 Å². The van der Waals surface area contributed by atoms with Crippen LogP contribution in [0.2, 0.25) is 5.02 Å². The van der Waals surface area contributed by atoms with E-state index >= 15 is 0 Å². The first-order chi connectivity index (χ1) is 8.82. The van der Waals surface area contributed by atoms with Crippen LogP contribution in [0, 0.1) is 5.92 Å². The molecular formula is C12H11ClF3NOS. The summed E-state index contributed by atoms with van der Waals surface area (Å²) in [5.74, 6) is 0.572. The number of hydrogen-bond donors (Lipinski definition) is 1. The van der Waals surface area contributed by atoms with Crippen molar-refractivity contribution in [2.75, 3.05) is 17.2 Å². The van der Waals surface area contributed by atoms with E-state index in [4.69, 9.17) is 11.6 Å². The predicted molar refractivity (Wildman–Crippen MR) is 70.8 cm³/mol. The molecule has 19 heavy (non-hydrogen) atoms. The van der Waals surface area contributed by atoms with Gasteiger partial charge in [0.2, 0.25) is 5.91 Å². The topological polar surface area (TPSA) is 20.3 Å². The minimum absolute atomic E-state index is 0.116. The molecule has 1 aromatic carbocycles. The molecule has 0 N–H and O–H groups in total.